The first kappa shape index (κ1) is 13.8. The molecule has 0 bridgehead atoms. The van der Waals surface area contributed by atoms with E-state index < -0.39 is 0 Å². The molecule has 0 amide bonds. The Balaban J connectivity index is 1.58. The molecule has 0 aromatic heterocycles. The van der Waals surface area contributed by atoms with Gasteiger partial charge >= 0.3 is 0 Å². The van der Waals surface area contributed by atoms with Gasteiger partial charge in [-0.05, 0) is 43.4 Å². The molecule has 0 spiro atoms. The Morgan fingerprint density at radius 2 is 2.11 bits per heavy atom. The van der Waals surface area contributed by atoms with Crippen molar-refractivity contribution in [3.8, 4) is 0 Å². The fraction of sp³-hybridized carbons (Fsp3) is 1.00. The fourth-order valence-corrected chi connectivity index (χ4v) is 3.82. The zero-order valence-electron chi connectivity index (χ0n) is 12.6. The maximum Gasteiger partial charge on any atom is 0.0506 e. The molecule has 0 radical (unpaired) electrons. The lowest BCUT2D eigenvalue weighted by Crippen LogP contribution is -2.60. The zero-order chi connectivity index (χ0) is 13.2. The minimum atomic E-state index is 0.719. The predicted octanol–water partition coefficient (Wildman–Crippen LogP) is 2.12. The van der Waals surface area contributed by atoms with Crippen LogP contribution in [0.15, 0.2) is 0 Å². The third kappa shape index (κ3) is 3.50. The van der Waals surface area contributed by atoms with Gasteiger partial charge in [-0.1, -0.05) is 13.8 Å². The van der Waals surface area contributed by atoms with Crippen LogP contribution in [0.4, 0.5) is 0 Å². The number of piperazine rings is 1. The van der Waals surface area contributed by atoms with Crippen molar-refractivity contribution in [1.29, 1.82) is 0 Å². The Labute approximate surface area is 118 Å². The second-order valence-corrected chi connectivity index (χ2v) is 7.20. The third-order valence-corrected chi connectivity index (χ3v) is 5.20. The smallest absolute Gasteiger partial charge is 0.0506 e. The molecule has 19 heavy (non-hydrogen) atoms. The fourth-order valence-electron chi connectivity index (χ4n) is 3.82. The van der Waals surface area contributed by atoms with Gasteiger partial charge in [0.2, 0.25) is 0 Å². The first-order valence-corrected chi connectivity index (χ1v) is 8.29. The van der Waals surface area contributed by atoms with Crippen molar-refractivity contribution in [2.24, 2.45) is 17.8 Å². The van der Waals surface area contributed by atoms with E-state index in [1.165, 1.54) is 45.3 Å². The summed E-state index contributed by atoms with van der Waals surface area (Å²) in [6, 6.07) is 1.48. The van der Waals surface area contributed by atoms with Gasteiger partial charge in [-0.25, -0.2) is 0 Å². The van der Waals surface area contributed by atoms with Crippen molar-refractivity contribution in [2.45, 2.75) is 51.6 Å². The average Bonchev–Trinajstić information content (AvgIpc) is 3.24. The Kier molecular flexibility index (Phi) is 4.45. The standard InChI is InChI=1S/C16H30N2O/c1-12(2)16-8-17-15(14-5-6-14)10-18(16)9-13-4-3-7-19-11-13/h12-17H,3-11H2,1-2H3. The highest BCUT2D eigenvalue weighted by Gasteiger charge is 2.38. The topological polar surface area (TPSA) is 24.5 Å². The quantitative estimate of drug-likeness (QED) is 0.843. The lowest BCUT2D eigenvalue weighted by Gasteiger charge is -2.44. The summed E-state index contributed by atoms with van der Waals surface area (Å²) in [6.45, 7) is 10.4. The SMILES string of the molecule is CC(C)C1CNC(C2CC2)CN1CC1CCCOC1. The van der Waals surface area contributed by atoms with Gasteiger partial charge in [-0.15, -0.1) is 0 Å². The van der Waals surface area contributed by atoms with Crippen LogP contribution in [0.2, 0.25) is 0 Å². The Morgan fingerprint density at radius 1 is 1.26 bits per heavy atom. The molecule has 1 aliphatic carbocycles. The second kappa shape index (κ2) is 6.11. The van der Waals surface area contributed by atoms with E-state index in [-0.39, 0.29) is 0 Å². The first-order valence-electron chi connectivity index (χ1n) is 8.29. The van der Waals surface area contributed by atoms with E-state index in [4.69, 9.17) is 4.74 Å². The molecule has 3 rings (SSSR count). The summed E-state index contributed by atoms with van der Waals surface area (Å²) in [6.07, 6.45) is 5.52. The molecule has 110 valence electrons. The minimum Gasteiger partial charge on any atom is -0.381 e. The molecule has 2 saturated heterocycles. The van der Waals surface area contributed by atoms with Crippen molar-refractivity contribution < 1.29 is 4.74 Å². The second-order valence-electron chi connectivity index (χ2n) is 7.20. The molecule has 3 aliphatic rings. The number of ether oxygens (including phenoxy) is 1. The van der Waals surface area contributed by atoms with Crippen LogP contribution in [-0.4, -0.2) is 49.8 Å². The molecule has 0 aromatic carbocycles. The highest BCUT2D eigenvalue weighted by Crippen LogP contribution is 2.35. The normalized spacial score (nSPS) is 37.7. The minimum absolute atomic E-state index is 0.719. The molecule has 3 heteroatoms. The van der Waals surface area contributed by atoms with Crippen molar-refractivity contribution in [3.05, 3.63) is 0 Å². The summed E-state index contributed by atoms with van der Waals surface area (Å²) in [7, 11) is 0. The molecule has 1 saturated carbocycles. The van der Waals surface area contributed by atoms with Gasteiger partial charge in [0.1, 0.15) is 0 Å². The summed E-state index contributed by atoms with van der Waals surface area (Å²) >= 11 is 0. The van der Waals surface area contributed by atoms with Gasteiger partial charge in [0.15, 0.2) is 0 Å². The molecule has 3 unspecified atom stereocenters. The van der Waals surface area contributed by atoms with Crippen LogP contribution >= 0.6 is 0 Å². The van der Waals surface area contributed by atoms with Crippen LogP contribution in [0.5, 0.6) is 0 Å². The molecule has 1 N–H and O–H groups in total. The van der Waals surface area contributed by atoms with Crippen molar-refractivity contribution in [3.63, 3.8) is 0 Å². The van der Waals surface area contributed by atoms with Crippen LogP contribution in [0.1, 0.15) is 39.5 Å². The molecular formula is C16H30N2O. The van der Waals surface area contributed by atoms with Gasteiger partial charge < -0.3 is 10.1 Å². The number of nitrogens with one attached hydrogen (secondary N) is 1. The average molecular weight is 266 g/mol. The predicted molar refractivity (Wildman–Crippen MR) is 78.3 cm³/mol. The van der Waals surface area contributed by atoms with Crippen LogP contribution in [0.3, 0.4) is 0 Å². The summed E-state index contributed by atoms with van der Waals surface area (Å²) < 4.78 is 5.66. The number of hydrogen-bond acceptors (Lipinski definition) is 3. The van der Waals surface area contributed by atoms with Gasteiger partial charge in [-0.2, -0.15) is 0 Å². The summed E-state index contributed by atoms with van der Waals surface area (Å²) in [5.41, 5.74) is 0. The van der Waals surface area contributed by atoms with Crippen molar-refractivity contribution in [1.82, 2.24) is 10.2 Å². The van der Waals surface area contributed by atoms with E-state index in [1.54, 1.807) is 0 Å². The lowest BCUT2D eigenvalue weighted by molar-refractivity contribution is 0.0128. The van der Waals surface area contributed by atoms with Gasteiger partial charge in [-0.3, -0.25) is 4.90 Å². The molecule has 3 nitrogen and oxygen atoms in total. The zero-order valence-corrected chi connectivity index (χ0v) is 12.6. The molecule has 3 fully saturated rings. The molecule has 2 heterocycles. The van der Waals surface area contributed by atoms with Gasteiger partial charge in [0.05, 0.1) is 6.61 Å². The highest BCUT2D eigenvalue weighted by atomic mass is 16.5. The molecular weight excluding hydrogens is 236 g/mol. The van der Waals surface area contributed by atoms with E-state index >= 15 is 0 Å². The highest BCUT2D eigenvalue weighted by molar-refractivity contribution is 4.95. The summed E-state index contributed by atoms with van der Waals surface area (Å²) in [4.78, 5) is 2.78. The monoisotopic (exact) mass is 266 g/mol. The lowest BCUT2D eigenvalue weighted by atomic mass is 9.94. The van der Waals surface area contributed by atoms with Gasteiger partial charge in [0.25, 0.3) is 0 Å². The molecule has 0 aromatic rings. The Hall–Kier alpha value is -0.120. The molecule has 3 atom stereocenters. The van der Waals surface area contributed by atoms with Crippen LogP contribution < -0.4 is 5.32 Å². The Morgan fingerprint density at radius 3 is 2.74 bits per heavy atom. The first-order chi connectivity index (χ1) is 9.24. The van der Waals surface area contributed by atoms with E-state index in [0.717, 1.165) is 43.1 Å². The van der Waals surface area contributed by atoms with Crippen LogP contribution in [-0.2, 0) is 4.74 Å². The van der Waals surface area contributed by atoms with E-state index in [0.29, 0.717) is 0 Å². The maximum atomic E-state index is 5.66. The van der Waals surface area contributed by atoms with Crippen molar-refractivity contribution in [2.75, 3.05) is 32.8 Å². The van der Waals surface area contributed by atoms with E-state index in [2.05, 4.69) is 24.1 Å². The van der Waals surface area contributed by atoms with E-state index in [1.807, 2.05) is 0 Å². The van der Waals surface area contributed by atoms with E-state index in [9.17, 15) is 0 Å². The third-order valence-electron chi connectivity index (χ3n) is 5.20. The summed E-state index contributed by atoms with van der Waals surface area (Å²) in [5, 5.41) is 3.81. The number of nitrogens with zero attached hydrogens (tertiary/aromatic N) is 1. The van der Waals surface area contributed by atoms with Crippen molar-refractivity contribution >= 4 is 0 Å². The molecule has 2 aliphatic heterocycles. The van der Waals surface area contributed by atoms with Crippen LogP contribution in [0, 0.1) is 17.8 Å². The number of rotatable bonds is 4. The number of hydrogen-bond donors (Lipinski definition) is 1. The largest absolute Gasteiger partial charge is 0.381 e. The van der Waals surface area contributed by atoms with Crippen LogP contribution in [0.25, 0.3) is 0 Å². The summed E-state index contributed by atoms with van der Waals surface area (Å²) in [5.74, 6) is 2.49. The maximum absolute atomic E-state index is 5.66. The Bertz CT molecular complexity index is 284. The van der Waals surface area contributed by atoms with Gasteiger partial charge in [0, 0.05) is 38.3 Å².